The van der Waals surface area contributed by atoms with Crippen LogP contribution in [-0.2, 0) is 0 Å². The Balaban J connectivity index is 1.35. The second kappa shape index (κ2) is 12.7. The third kappa shape index (κ3) is 6.04. The quantitative estimate of drug-likeness (QED) is 0.167. The maximum absolute atomic E-state index is 17.7. The van der Waals surface area contributed by atoms with Gasteiger partial charge in [0.05, 0.1) is 0 Å². The van der Waals surface area contributed by atoms with Gasteiger partial charge in [0.25, 0.3) is 0 Å². The molecule has 0 saturated heterocycles. The van der Waals surface area contributed by atoms with Crippen molar-refractivity contribution < 1.29 is 4.39 Å². The molecule has 6 unspecified atom stereocenters. The zero-order valence-electron chi connectivity index (χ0n) is 27.4. The molecule has 0 radical (unpaired) electrons. The SMILES string of the molecule is C=C(C)CCCCCNC(=C)CC1CCC2(C)C(=CCC3C4(C)CCC(CCCCC(C)C)C4(C)CC[C@@]32F)C1. The molecule has 0 aromatic carbocycles. The number of fused-ring (bicyclic) bond motifs is 5. The van der Waals surface area contributed by atoms with Crippen LogP contribution in [0.2, 0.25) is 0 Å². The lowest BCUT2D eigenvalue weighted by atomic mass is 9.41. The van der Waals surface area contributed by atoms with Gasteiger partial charge >= 0.3 is 0 Å². The van der Waals surface area contributed by atoms with Crippen LogP contribution in [0.15, 0.2) is 36.1 Å². The Morgan fingerprint density at radius 2 is 1.75 bits per heavy atom. The molecular weight excluding hydrogens is 489 g/mol. The molecule has 0 amide bonds. The van der Waals surface area contributed by atoms with Gasteiger partial charge in [-0.05, 0) is 119 Å². The fourth-order valence-electron chi connectivity index (χ4n) is 10.2. The van der Waals surface area contributed by atoms with Crippen molar-refractivity contribution in [3.8, 4) is 0 Å². The van der Waals surface area contributed by atoms with Gasteiger partial charge in [0.2, 0.25) is 0 Å². The van der Waals surface area contributed by atoms with Crippen molar-refractivity contribution in [3.63, 3.8) is 0 Å². The highest BCUT2D eigenvalue weighted by Crippen LogP contribution is 2.74. The van der Waals surface area contributed by atoms with Gasteiger partial charge in [-0.2, -0.15) is 0 Å². The van der Waals surface area contributed by atoms with E-state index in [0.29, 0.717) is 11.3 Å². The number of hydrogen-bond donors (Lipinski definition) is 1. The first-order chi connectivity index (χ1) is 18.9. The van der Waals surface area contributed by atoms with E-state index in [0.717, 1.165) is 69.7 Å². The molecule has 40 heavy (non-hydrogen) atoms. The van der Waals surface area contributed by atoms with Crippen LogP contribution in [0.1, 0.15) is 151 Å². The van der Waals surface area contributed by atoms with Crippen molar-refractivity contribution in [2.75, 3.05) is 6.54 Å². The first-order valence-electron chi connectivity index (χ1n) is 17.3. The maximum Gasteiger partial charge on any atom is 0.123 e. The van der Waals surface area contributed by atoms with Crippen LogP contribution in [0, 0.1) is 39.9 Å². The Bertz CT molecular complexity index is 932. The van der Waals surface area contributed by atoms with E-state index in [-0.39, 0.29) is 16.7 Å². The van der Waals surface area contributed by atoms with Crippen LogP contribution in [-0.4, -0.2) is 12.2 Å². The molecule has 0 heterocycles. The molecule has 2 heteroatoms. The second-order valence-corrected chi connectivity index (χ2v) is 16.1. The third-order valence-corrected chi connectivity index (χ3v) is 13.1. The summed E-state index contributed by atoms with van der Waals surface area (Å²) in [6, 6.07) is 0. The summed E-state index contributed by atoms with van der Waals surface area (Å²) in [6.45, 7) is 23.6. The zero-order valence-corrected chi connectivity index (χ0v) is 27.4. The van der Waals surface area contributed by atoms with E-state index in [1.807, 2.05) is 0 Å². The summed E-state index contributed by atoms with van der Waals surface area (Å²) in [5, 5.41) is 3.60. The zero-order chi connectivity index (χ0) is 29.2. The van der Waals surface area contributed by atoms with Crippen LogP contribution >= 0.6 is 0 Å². The van der Waals surface area contributed by atoms with Gasteiger partial charge < -0.3 is 5.32 Å². The van der Waals surface area contributed by atoms with E-state index < -0.39 is 5.67 Å². The van der Waals surface area contributed by atoms with Gasteiger partial charge in [0.1, 0.15) is 5.67 Å². The van der Waals surface area contributed by atoms with Crippen LogP contribution < -0.4 is 5.32 Å². The van der Waals surface area contributed by atoms with Gasteiger partial charge in [0.15, 0.2) is 0 Å². The Labute approximate surface area is 248 Å². The lowest BCUT2D eigenvalue weighted by Crippen LogP contribution is -2.63. The largest absolute Gasteiger partial charge is 0.389 e. The predicted octanol–water partition coefficient (Wildman–Crippen LogP) is 11.5. The number of rotatable bonds is 14. The highest BCUT2D eigenvalue weighted by Gasteiger charge is 2.70. The summed E-state index contributed by atoms with van der Waals surface area (Å²) in [5.41, 5.74) is 3.04. The summed E-state index contributed by atoms with van der Waals surface area (Å²) in [4.78, 5) is 0. The molecule has 0 bridgehead atoms. The van der Waals surface area contributed by atoms with Gasteiger partial charge in [-0.3, -0.25) is 0 Å². The fourth-order valence-corrected chi connectivity index (χ4v) is 10.2. The van der Waals surface area contributed by atoms with Crippen LogP contribution in [0.4, 0.5) is 4.39 Å². The minimum Gasteiger partial charge on any atom is -0.389 e. The first-order valence-corrected chi connectivity index (χ1v) is 17.3. The van der Waals surface area contributed by atoms with Gasteiger partial charge in [-0.15, -0.1) is 6.58 Å². The van der Waals surface area contributed by atoms with Crippen molar-refractivity contribution in [2.24, 2.45) is 39.9 Å². The molecule has 4 aliphatic rings. The highest BCUT2D eigenvalue weighted by molar-refractivity contribution is 5.32. The Kier molecular flexibility index (Phi) is 10.1. The third-order valence-electron chi connectivity index (χ3n) is 13.1. The van der Waals surface area contributed by atoms with Gasteiger partial charge in [-0.1, -0.05) is 84.1 Å². The minimum absolute atomic E-state index is 0.132. The highest BCUT2D eigenvalue weighted by atomic mass is 19.1. The summed E-state index contributed by atoms with van der Waals surface area (Å²) < 4.78 is 17.7. The smallest absolute Gasteiger partial charge is 0.123 e. The predicted molar refractivity (Wildman–Crippen MR) is 172 cm³/mol. The number of halogens is 1. The molecule has 0 aromatic rings. The molecular formula is C38H64FN. The Morgan fingerprint density at radius 3 is 2.48 bits per heavy atom. The molecule has 3 saturated carbocycles. The lowest BCUT2D eigenvalue weighted by Gasteiger charge is -2.65. The molecule has 1 nitrogen and oxygen atoms in total. The Morgan fingerprint density at radius 1 is 0.975 bits per heavy atom. The molecule has 3 fully saturated rings. The number of hydrogen-bond acceptors (Lipinski definition) is 1. The maximum atomic E-state index is 17.7. The topological polar surface area (TPSA) is 12.0 Å². The number of allylic oxidation sites excluding steroid dienone is 4. The van der Waals surface area contributed by atoms with Crippen LogP contribution in [0.3, 0.4) is 0 Å². The van der Waals surface area contributed by atoms with E-state index in [1.54, 1.807) is 0 Å². The van der Waals surface area contributed by atoms with Crippen molar-refractivity contribution in [1.29, 1.82) is 0 Å². The molecule has 4 aliphatic carbocycles. The summed E-state index contributed by atoms with van der Waals surface area (Å²) in [5.74, 6) is 2.38. The van der Waals surface area contributed by atoms with Crippen molar-refractivity contribution in [3.05, 3.63) is 36.1 Å². The molecule has 1 N–H and O–H groups in total. The van der Waals surface area contributed by atoms with Crippen molar-refractivity contribution in [1.82, 2.24) is 5.32 Å². The summed E-state index contributed by atoms with van der Waals surface area (Å²) in [6.07, 6.45) is 22.4. The van der Waals surface area contributed by atoms with Crippen molar-refractivity contribution >= 4 is 0 Å². The number of alkyl halides is 1. The molecule has 0 aliphatic heterocycles. The van der Waals surface area contributed by atoms with Crippen LogP contribution in [0.25, 0.3) is 0 Å². The fraction of sp³-hybridized carbons (Fsp3) is 0.842. The molecule has 0 spiro atoms. The molecule has 4 rings (SSSR count). The van der Waals surface area contributed by atoms with Gasteiger partial charge in [-0.25, -0.2) is 4.39 Å². The molecule has 228 valence electrons. The average Bonchev–Trinajstić information content (AvgIpc) is 3.15. The standard InChI is InChI=1S/C38H64FN/c1-28(2)14-10-9-13-25-40-30(5)26-31-19-21-36(7)33(27-31)17-18-34-37(8)22-20-32(16-12-11-15-29(3)4)35(37,6)23-24-38(34,36)39/h17,29,31-32,34,40H,1,5,9-16,18-27H2,2-4,6-8H3/t31?,32?,34?,35?,36?,37?,38-/m1/s1. The van der Waals surface area contributed by atoms with Crippen molar-refractivity contribution in [2.45, 2.75) is 156 Å². The van der Waals surface area contributed by atoms with E-state index >= 15 is 4.39 Å². The lowest BCUT2D eigenvalue weighted by molar-refractivity contribution is -0.178. The van der Waals surface area contributed by atoms with E-state index in [4.69, 9.17) is 0 Å². The number of unbranched alkanes of at least 4 members (excludes halogenated alkanes) is 3. The normalized spacial score (nSPS) is 38.8. The summed E-state index contributed by atoms with van der Waals surface area (Å²) >= 11 is 0. The van der Waals surface area contributed by atoms with E-state index in [9.17, 15) is 0 Å². The molecule has 0 aromatic heterocycles. The van der Waals surface area contributed by atoms with Gasteiger partial charge in [0, 0.05) is 23.6 Å². The Hall–Kier alpha value is -1.05. The number of nitrogens with one attached hydrogen (secondary N) is 1. The molecule has 7 atom stereocenters. The van der Waals surface area contributed by atoms with E-state index in [1.165, 1.54) is 74.6 Å². The monoisotopic (exact) mass is 554 g/mol. The minimum atomic E-state index is -1.04. The first kappa shape index (κ1) is 31.9. The van der Waals surface area contributed by atoms with E-state index in [2.05, 4.69) is 66.1 Å². The second-order valence-electron chi connectivity index (χ2n) is 16.1. The van der Waals surface area contributed by atoms with Crippen LogP contribution in [0.5, 0.6) is 0 Å². The average molecular weight is 554 g/mol. The summed E-state index contributed by atoms with van der Waals surface area (Å²) in [7, 11) is 0.